The summed E-state index contributed by atoms with van der Waals surface area (Å²) in [6, 6.07) is 9.26. The van der Waals surface area contributed by atoms with Crippen molar-refractivity contribution >= 4 is 17.8 Å². The lowest BCUT2D eigenvalue weighted by atomic mass is 9.83. The first-order valence-corrected chi connectivity index (χ1v) is 14.3. The standard InChI is InChI=1S/C31H38F2N4O4/c1-5-31-11-7-6-8-19-9-10-25-23(12-19)24(16-30(3,4)41-25)35-27(39)21-13-20(14-22(15-21)40-28(32)33)18(2)37(26(38)17-31)29(34)36-31/h9-10,12-15,18,24,28H,5-8,11,16-17H2,1-4H3,(H2,34,36)(H,35,39). The molecule has 6 rings (SSSR count). The third-order valence-electron chi connectivity index (χ3n) is 8.55. The summed E-state index contributed by atoms with van der Waals surface area (Å²) in [6.07, 6.45) is 4.75. The number of alkyl halides is 2. The van der Waals surface area contributed by atoms with Crippen molar-refractivity contribution in [1.29, 1.82) is 5.41 Å². The number of fused-ring (bicyclic) bond motifs is 6. The van der Waals surface area contributed by atoms with Crippen molar-refractivity contribution in [3.05, 3.63) is 58.7 Å². The average Bonchev–Trinajstić information content (AvgIpc) is 2.89. The first kappa shape index (κ1) is 28.8. The van der Waals surface area contributed by atoms with Gasteiger partial charge in [0, 0.05) is 23.1 Å². The van der Waals surface area contributed by atoms with Gasteiger partial charge in [-0.3, -0.25) is 19.9 Å². The van der Waals surface area contributed by atoms with Gasteiger partial charge < -0.3 is 20.1 Å². The molecular formula is C31H38F2N4O4. The van der Waals surface area contributed by atoms with Crippen molar-refractivity contribution in [1.82, 2.24) is 15.5 Å². The largest absolute Gasteiger partial charge is 0.487 e. The normalized spacial score (nSPS) is 26.0. The number of hydrogen-bond acceptors (Lipinski definition) is 5. The topological polar surface area (TPSA) is 104 Å². The quantitative estimate of drug-likeness (QED) is 0.421. The number of guanidine groups is 1. The number of carbonyl (C=O) groups is 2. The number of benzene rings is 2. The van der Waals surface area contributed by atoms with Crippen LogP contribution in [-0.2, 0) is 11.2 Å². The highest BCUT2D eigenvalue weighted by molar-refractivity contribution is 6.00. The number of ether oxygens (including phenoxy) is 2. The molecule has 0 spiro atoms. The number of aryl methyl sites for hydroxylation is 1. The summed E-state index contributed by atoms with van der Waals surface area (Å²) >= 11 is 0. The summed E-state index contributed by atoms with van der Waals surface area (Å²) in [5.74, 6) is -0.190. The van der Waals surface area contributed by atoms with Crippen LogP contribution >= 0.6 is 0 Å². The van der Waals surface area contributed by atoms with Crippen molar-refractivity contribution in [3.8, 4) is 11.5 Å². The van der Waals surface area contributed by atoms with E-state index in [9.17, 15) is 18.4 Å². The second-order valence-electron chi connectivity index (χ2n) is 12.1. The lowest BCUT2D eigenvalue weighted by molar-refractivity contribution is -0.132. The molecule has 2 amide bonds. The average molecular weight is 569 g/mol. The fraction of sp³-hybridized carbons (Fsp3) is 0.516. The van der Waals surface area contributed by atoms with E-state index in [-0.39, 0.29) is 35.6 Å². The van der Waals surface area contributed by atoms with Gasteiger partial charge in [-0.25, -0.2) is 0 Å². The predicted octanol–water partition coefficient (Wildman–Crippen LogP) is 6.01. The van der Waals surface area contributed by atoms with Gasteiger partial charge in [0.2, 0.25) is 5.91 Å². The van der Waals surface area contributed by atoms with Crippen LogP contribution in [0, 0.1) is 5.41 Å². The minimum atomic E-state index is -3.09. The van der Waals surface area contributed by atoms with E-state index in [0.29, 0.717) is 24.2 Å². The minimum absolute atomic E-state index is 0.0347. The van der Waals surface area contributed by atoms with Crippen molar-refractivity contribution in [3.63, 3.8) is 0 Å². The van der Waals surface area contributed by atoms with Gasteiger partial charge in [-0.2, -0.15) is 8.78 Å². The minimum Gasteiger partial charge on any atom is -0.487 e. The summed E-state index contributed by atoms with van der Waals surface area (Å²) in [4.78, 5) is 28.5. The third-order valence-corrected chi connectivity index (χ3v) is 8.55. The molecule has 4 aliphatic heterocycles. The number of rotatable bonds is 3. The van der Waals surface area contributed by atoms with Crippen LogP contribution in [0.25, 0.3) is 0 Å². The number of amides is 2. The highest BCUT2D eigenvalue weighted by Crippen LogP contribution is 2.41. The number of nitrogens with one attached hydrogen (secondary N) is 3. The molecule has 2 aromatic rings. The maximum atomic E-state index is 13.7. The Kier molecular flexibility index (Phi) is 7.70. The van der Waals surface area contributed by atoms with E-state index >= 15 is 0 Å². The molecule has 10 heteroatoms. The number of halogens is 2. The predicted molar refractivity (Wildman–Crippen MR) is 150 cm³/mol. The molecule has 1 saturated heterocycles. The van der Waals surface area contributed by atoms with Crippen molar-refractivity contribution < 1.29 is 27.8 Å². The van der Waals surface area contributed by atoms with E-state index < -0.39 is 29.7 Å². The Bertz CT molecular complexity index is 1340. The van der Waals surface area contributed by atoms with Crippen LogP contribution in [-0.4, -0.2) is 40.4 Å². The zero-order chi connectivity index (χ0) is 29.5. The van der Waals surface area contributed by atoms with Crippen LogP contribution in [0.3, 0.4) is 0 Å². The second-order valence-corrected chi connectivity index (χ2v) is 12.1. The molecule has 3 unspecified atom stereocenters. The first-order chi connectivity index (χ1) is 19.4. The summed E-state index contributed by atoms with van der Waals surface area (Å²) in [7, 11) is 0. The summed E-state index contributed by atoms with van der Waals surface area (Å²) < 4.78 is 37.5. The fourth-order valence-corrected chi connectivity index (χ4v) is 6.34. The molecule has 4 aliphatic rings. The van der Waals surface area contributed by atoms with E-state index in [0.717, 1.165) is 36.8 Å². The molecule has 0 saturated carbocycles. The number of carbonyl (C=O) groups excluding carboxylic acids is 2. The summed E-state index contributed by atoms with van der Waals surface area (Å²) in [5, 5.41) is 15.1. The molecule has 3 atom stereocenters. The molecule has 4 heterocycles. The van der Waals surface area contributed by atoms with Gasteiger partial charge in [0.05, 0.1) is 18.5 Å². The Morgan fingerprint density at radius 2 is 1.95 bits per heavy atom. The Balaban J connectivity index is 1.59. The van der Waals surface area contributed by atoms with Gasteiger partial charge in [0.15, 0.2) is 5.96 Å². The molecule has 0 radical (unpaired) electrons. The smallest absolute Gasteiger partial charge is 0.387 e. The van der Waals surface area contributed by atoms with E-state index in [1.165, 1.54) is 17.0 Å². The number of hydrogen-bond donors (Lipinski definition) is 3. The maximum absolute atomic E-state index is 13.7. The molecule has 1 fully saturated rings. The molecule has 41 heavy (non-hydrogen) atoms. The van der Waals surface area contributed by atoms with Crippen LogP contribution < -0.4 is 20.1 Å². The SMILES string of the molecule is CCC12CCCCc3ccc4c(c3)C(CC(C)(C)O4)NC(=O)c3cc(OC(F)F)cc(c3)C(C)N(C(=N)N1)C(=O)C2. The van der Waals surface area contributed by atoms with Gasteiger partial charge >= 0.3 is 6.61 Å². The first-order valence-electron chi connectivity index (χ1n) is 14.3. The van der Waals surface area contributed by atoms with Gasteiger partial charge in [0.25, 0.3) is 5.91 Å². The molecule has 0 aliphatic carbocycles. The summed E-state index contributed by atoms with van der Waals surface area (Å²) in [5.41, 5.74) is 1.49. The van der Waals surface area contributed by atoms with Gasteiger partial charge in [-0.05, 0) is 81.8 Å². The Morgan fingerprint density at radius 3 is 2.66 bits per heavy atom. The third kappa shape index (κ3) is 6.01. The zero-order valence-corrected chi connectivity index (χ0v) is 24.0. The van der Waals surface area contributed by atoms with E-state index in [1.807, 2.05) is 32.9 Å². The lowest BCUT2D eigenvalue weighted by Gasteiger charge is -2.44. The van der Waals surface area contributed by atoms with Gasteiger partial charge in [-0.1, -0.05) is 25.5 Å². The summed E-state index contributed by atoms with van der Waals surface area (Å²) in [6.45, 7) is 4.56. The van der Waals surface area contributed by atoms with Crippen LogP contribution in [0.5, 0.6) is 11.5 Å². The molecule has 2 aromatic carbocycles. The Labute approximate surface area is 239 Å². The zero-order valence-electron chi connectivity index (χ0n) is 24.0. The monoisotopic (exact) mass is 568 g/mol. The Hall–Kier alpha value is -3.69. The van der Waals surface area contributed by atoms with Crippen LogP contribution in [0.1, 0.15) is 105 Å². The van der Waals surface area contributed by atoms with E-state index in [1.54, 1.807) is 13.0 Å². The molecule has 8 nitrogen and oxygen atoms in total. The van der Waals surface area contributed by atoms with E-state index in [4.69, 9.17) is 14.9 Å². The van der Waals surface area contributed by atoms with Crippen LogP contribution in [0.2, 0.25) is 0 Å². The van der Waals surface area contributed by atoms with Gasteiger partial charge in [0.1, 0.15) is 17.1 Å². The fourth-order valence-electron chi connectivity index (χ4n) is 6.34. The van der Waals surface area contributed by atoms with Crippen molar-refractivity contribution in [2.75, 3.05) is 0 Å². The highest BCUT2D eigenvalue weighted by atomic mass is 19.3. The van der Waals surface area contributed by atoms with Crippen LogP contribution in [0.4, 0.5) is 8.78 Å². The molecular weight excluding hydrogens is 530 g/mol. The second kappa shape index (κ2) is 10.9. The highest BCUT2D eigenvalue weighted by Gasteiger charge is 2.42. The molecule has 6 bridgehead atoms. The molecule has 0 aromatic heterocycles. The van der Waals surface area contributed by atoms with Crippen LogP contribution in [0.15, 0.2) is 36.4 Å². The molecule has 3 N–H and O–H groups in total. The van der Waals surface area contributed by atoms with Crippen molar-refractivity contribution in [2.24, 2.45) is 0 Å². The van der Waals surface area contributed by atoms with Gasteiger partial charge in [-0.15, -0.1) is 0 Å². The molecule has 220 valence electrons. The number of nitrogens with zero attached hydrogens (tertiary/aromatic N) is 1. The maximum Gasteiger partial charge on any atom is 0.387 e. The van der Waals surface area contributed by atoms with E-state index in [2.05, 4.69) is 16.7 Å². The Morgan fingerprint density at radius 1 is 1.17 bits per heavy atom. The lowest BCUT2D eigenvalue weighted by Crippen LogP contribution is -2.62. The van der Waals surface area contributed by atoms with Crippen molar-refractivity contribution in [2.45, 2.75) is 102 Å².